The summed E-state index contributed by atoms with van der Waals surface area (Å²) in [4.78, 5) is 13.0. The molecule has 2 aromatic carbocycles. The van der Waals surface area contributed by atoms with E-state index in [1.807, 2.05) is 48.5 Å². The zero-order valence-electron chi connectivity index (χ0n) is 17.1. The van der Waals surface area contributed by atoms with Crippen LogP contribution in [0.25, 0.3) is 0 Å². The van der Waals surface area contributed by atoms with Crippen molar-refractivity contribution in [2.75, 3.05) is 6.61 Å². The molecule has 3 aliphatic rings. The molecule has 3 aliphatic carbocycles. The summed E-state index contributed by atoms with van der Waals surface area (Å²) in [5, 5.41) is 23.5. The van der Waals surface area contributed by atoms with Crippen LogP contribution in [0.3, 0.4) is 0 Å². The maximum absolute atomic E-state index is 13.0. The largest absolute Gasteiger partial charge is 0.465 e. The Morgan fingerprint density at radius 3 is 2.00 bits per heavy atom. The molecule has 2 N–H and O–H groups in total. The van der Waals surface area contributed by atoms with Crippen LogP contribution in [0, 0.1) is 5.92 Å². The second-order valence-electron chi connectivity index (χ2n) is 8.41. The first-order valence-electron chi connectivity index (χ1n) is 10.8. The Morgan fingerprint density at radius 1 is 0.897 bits per heavy atom. The van der Waals surface area contributed by atoms with Crippen molar-refractivity contribution in [2.45, 2.75) is 63.1 Å². The maximum atomic E-state index is 13.0. The van der Waals surface area contributed by atoms with Gasteiger partial charge in [-0.1, -0.05) is 87.6 Å². The Morgan fingerprint density at radius 2 is 1.41 bits per heavy atom. The number of hydrogen-bond donors (Lipinski definition) is 2. The molecule has 0 spiro atoms. The number of unbranched alkanes of at least 4 members (excludes halogenated alkanes) is 5. The van der Waals surface area contributed by atoms with E-state index < -0.39 is 23.1 Å². The summed E-state index contributed by atoms with van der Waals surface area (Å²) in [5.74, 6) is -1.25. The molecular weight excluding hydrogens is 364 g/mol. The van der Waals surface area contributed by atoms with Crippen molar-refractivity contribution in [3.05, 3.63) is 70.8 Å². The maximum Gasteiger partial charge on any atom is 0.312 e. The number of rotatable bonds is 8. The highest BCUT2D eigenvalue weighted by Crippen LogP contribution is 2.59. The van der Waals surface area contributed by atoms with Crippen LogP contribution in [0.2, 0.25) is 0 Å². The number of hydrogen-bond acceptors (Lipinski definition) is 4. The third-order valence-electron chi connectivity index (χ3n) is 6.60. The van der Waals surface area contributed by atoms with Gasteiger partial charge in [-0.05, 0) is 28.7 Å². The van der Waals surface area contributed by atoms with Crippen molar-refractivity contribution >= 4 is 5.97 Å². The topological polar surface area (TPSA) is 66.8 Å². The summed E-state index contributed by atoms with van der Waals surface area (Å²) in [5.41, 5.74) is -0.192. The Hall–Kier alpha value is -2.17. The summed E-state index contributed by atoms with van der Waals surface area (Å²) in [7, 11) is 0. The lowest BCUT2D eigenvalue weighted by Crippen LogP contribution is -2.57. The molecule has 0 saturated heterocycles. The second-order valence-corrected chi connectivity index (χ2v) is 8.41. The third-order valence-corrected chi connectivity index (χ3v) is 6.60. The Kier molecular flexibility index (Phi) is 5.50. The van der Waals surface area contributed by atoms with Crippen molar-refractivity contribution in [2.24, 2.45) is 5.92 Å². The van der Waals surface area contributed by atoms with Gasteiger partial charge in [0.2, 0.25) is 0 Å². The summed E-state index contributed by atoms with van der Waals surface area (Å²) in [6, 6.07) is 14.7. The molecule has 154 valence electrons. The van der Waals surface area contributed by atoms with E-state index in [9.17, 15) is 15.0 Å². The van der Waals surface area contributed by atoms with Crippen LogP contribution >= 0.6 is 0 Å². The highest BCUT2D eigenvalue weighted by atomic mass is 16.5. The lowest BCUT2D eigenvalue weighted by Gasteiger charge is -2.53. The molecule has 4 heteroatoms. The minimum Gasteiger partial charge on any atom is -0.465 e. The number of benzene rings is 2. The fourth-order valence-corrected chi connectivity index (χ4v) is 5.09. The molecule has 5 rings (SSSR count). The van der Waals surface area contributed by atoms with E-state index in [4.69, 9.17) is 4.74 Å². The summed E-state index contributed by atoms with van der Waals surface area (Å²) in [6.07, 6.45) is 6.82. The number of carbonyl (C=O) groups is 1. The van der Waals surface area contributed by atoms with Crippen LogP contribution in [-0.4, -0.2) is 22.8 Å². The fraction of sp³-hybridized carbons (Fsp3) is 0.480. The first kappa shape index (κ1) is 20.1. The van der Waals surface area contributed by atoms with Gasteiger partial charge in [-0.2, -0.15) is 0 Å². The summed E-state index contributed by atoms with van der Waals surface area (Å²) in [6.45, 7) is 2.55. The van der Waals surface area contributed by atoms with Crippen LogP contribution in [0.5, 0.6) is 0 Å². The average molecular weight is 395 g/mol. The van der Waals surface area contributed by atoms with Gasteiger partial charge in [-0.25, -0.2) is 0 Å². The molecule has 0 aromatic heterocycles. The van der Waals surface area contributed by atoms with Gasteiger partial charge in [0.05, 0.1) is 12.5 Å². The van der Waals surface area contributed by atoms with Crippen LogP contribution in [0.1, 0.15) is 74.1 Å². The zero-order chi connectivity index (χ0) is 20.5. The standard InChI is InChI=1S/C25H30O4/c1-2-3-4-5-6-11-16-29-23(26)22-17-24(27)18-12-7-9-14-20(18)25(22,28)21-15-10-8-13-19(21)24/h7-10,12-15,22,27-28H,2-6,11,16-17H2,1H3. The number of fused-ring (bicyclic) bond motifs is 1. The normalized spacial score (nSPS) is 26.7. The molecule has 2 bridgehead atoms. The van der Waals surface area contributed by atoms with Crippen molar-refractivity contribution in [3.8, 4) is 0 Å². The monoisotopic (exact) mass is 394 g/mol. The van der Waals surface area contributed by atoms with Crippen molar-refractivity contribution in [1.29, 1.82) is 0 Å². The van der Waals surface area contributed by atoms with E-state index in [0.717, 1.165) is 19.3 Å². The number of esters is 1. The molecule has 0 heterocycles. The van der Waals surface area contributed by atoms with Crippen LogP contribution in [-0.2, 0) is 20.7 Å². The number of aliphatic hydroxyl groups is 2. The van der Waals surface area contributed by atoms with E-state index >= 15 is 0 Å². The van der Waals surface area contributed by atoms with Gasteiger partial charge in [0.15, 0.2) is 0 Å². The highest BCUT2D eigenvalue weighted by Gasteiger charge is 2.62. The van der Waals surface area contributed by atoms with Crippen LogP contribution in [0.4, 0.5) is 0 Å². The van der Waals surface area contributed by atoms with Crippen LogP contribution < -0.4 is 0 Å². The van der Waals surface area contributed by atoms with E-state index in [1.165, 1.54) is 19.3 Å². The summed E-state index contributed by atoms with van der Waals surface area (Å²) < 4.78 is 5.57. The lowest BCUT2D eigenvalue weighted by atomic mass is 9.54. The molecule has 1 unspecified atom stereocenters. The first-order valence-corrected chi connectivity index (χ1v) is 10.8. The minimum atomic E-state index is -1.48. The Bertz CT molecular complexity index is 840. The molecule has 0 saturated carbocycles. The Labute approximate surface area is 172 Å². The molecule has 4 nitrogen and oxygen atoms in total. The minimum absolute atomic E-state index is 0.132. The number of ether oxygens (including phenoxy) is 1. The lowest BCUT2D eigenvalue weighted by molar-refractivity contribution is -0.167. The summed E-state index contributed by atoms with van der Waals surface area (Å²) >= 11 is 0. The smallest absolute Gasteiger partial charge is 0.312 e. The van der Waals surface area contributed by atoms with Gasteiger partial charge in [0.1, 0.15) is 11.2 Å². The molecule has 0 radical (unpaired) electrons. The van der Waals surface area contributed by atoms with E-state index in [-0.39, 0.29) is 6.42 Å². The van der Waals surface area contributed by atoms with Crippen LogP contribution in [0.15, 0.2) is 48.5 Å². The molecule has 0 aliphatic heterocycles. The number of carbonyl (C=O) groups excluding carboxylic acids is 1. The quantitative estimate of drug-likeness (QED) is 0.515. The molecule has 29 heavy (non-hydrogen) atoms. The molecule has 1 atom stereocenters. The van der Waals surface area contributed by atoms with Gasteiger partial charge in [-0.15, -0.1) is 0 Å². The van der Waals surface area contributed by atoms with Crippen molar-refractivity contribution in [3.63, 3.8) is 0 Å². The predicted octanol–water partition coefficient (Wildman–Crippen LogP) is 4.40. The first-order chi connectivity index (χ1) is 14.0. The molecule has 0 fully saturated rings. The van der Waals surface area contributed by atoms with Gasteiger partial charge in [-0.3, -0.25) is 4.79 Å². The fourth-order valence-electron chi connectivity index (χ4n) is 5.09. The average Bonchev–Trinajstić information content (AvgIpc) is 2.75. The predicted molar refractivity (Wildman–Crippen MR) is 111 cm³/mol. The van der Waals surface area contributed by atoms with E-state index in [2.05, 4.69) is 6.92 Å². The van der Waals surface area contributed by atoms with Gasteiger partial charge in [0, 0.05) is 6.42 Å². The van der Waals surface area contributed by atoms with E-state index in [1.54, 1.807) is 0 Å². The second kappa shape index (κ2) is 7.92. The van der Waals surface area contributed by atoms with Gasteiger partial charge >= 0.3 is 5.97 Å². The highest BCUT2D eigenvalue weighted by molar-refractivity contribution is 5.79. The van der Waals surface area contributed by atoms with E-state index in [0.29, 0.717) is 28.9 Å². The zero-order valence-corrected chi connectivity index (χ0v) is 17.1. The van der Waals surface area contributed by atoms with Gasteiger partial charge < -0.3 is 14.9 Å². The molecule has 0 amide bonds. The van der Waals surface area contributed by atoms with Crippen molar-refractivity contribution < 1.29 is 19.7 Å². The van der Waals surface area contributed by atoms with Gasteiger partial charge in [0.25, 0.3) is 0 Å². The molecule has 2 aromatic rings. The SMILES string of the molecule is CCCCCCCCOC(=O)C1CC2(O)c3ccccc3C1(O)c1ccccc12. The Balaban J connectivity index is 1.56. The van der Waals surface area contributed by atoms with Crippen molar-refractivity contribution in [1.82, 2.24) is 0 Å². The molecular formula is C25H30O4. The third kappa shape index (κ3) is 3.19.